The molecule has 82 valence electrons. The highest BCUT2D eigenvalue weighted by Crippen LogP contribution is 2.03. The molecule has 0 spiro atoms. The van der Waals surface area contributed by atoms with Crippen LogP contribution in [0.1, 0.15) is 19.8 Å². The SMILES string of the molecule is CCCC(=O)OCCNc1ccccc1. The van der Waals surface area contributed by atoms with Gasteiger partial charge in [-0.05, 0) is 18.6 Å². The molecule has 15 heavy (non-hydrogen) atoms. The van der Waals surface area contributed by atoms with Gasteiger partial charge in [0.15, 0.2) is 0 Å². The Morgan fingerprint density at radius 1 is 1.33 bits per heavy atom. The Balaban J connectivity index is 2.10. The number of anilines is 1. The standard InChI is InChI=1S/C12H17NO2/c1-2-6-12(14)15-10-9-13-11-7-4-3-5-8-11/h3-5,7-8,13H,2,6,9-10H2,1H3. The number of esters is 1. The van der Waals surface area contributed by atoms with Crippen LogP contribution in [0.15, 0.2) is 30.3 Å². The van der Waals surface area contributed by atoms with Gasteiger partial charge in [-0.2, -0.15) is 0 Å². The zero-order chi connectivity index (χ0) is 10.9. The highest BCUT2D eigenvalue weighted by molar-refractivity contribution is 5.69. The second-order valence-electron chi connectivity index (χ2n) is 3.26. The van der Waals surface area contributed by atoms with Gasteiger partial charge in [0.2, 0.25) is 0 Å². The smallest absolute Gasteiger partial charge is 0.305 e. The minimum absolute atomic E-state index is 0.118. The van der Waals surface area contributed by atoms with Gasteiger partial charge in [0.05, 0.1) is 0 Å². The summed E-state index contributed by atoms with van der Waals surface area (Å²) in [5.41, 5.74) is 1.05. The molecule has 0 atom stereocenters. The number of hydrogen-bond donors (Lipinski definition) is 1. The molecule has 1 rings (SSSR count). The maximum absolute atomic E-state index is 11.0. The molecule has 0 saturated carbocycles. The summed E-state index contributed by atoms with van der Waals surface area (Å²) in [6.07, 6.45) is 1.34. The molecule has 3 nitrogen and oxygen atoms in total. The monoisotopic (exact) mass is 207 g/mol. The van der Waals surface area contributed by atoms with Crippen molar-refractivity contribution < 1.29 is 9.53 Å². The molecule has 0 radical (unpaired) electrons. The lowest BCUT2D eigenvalue weighted by Gasteiger charge is -2.06. The van der Waals surface area contributed by atoms with Crippen LogP contribution in [0.25, 0.3) is 0 Å². The van der Waals surface area contributed by atoms with Crippen molar-refractivity contribution in [3.8, 4) is 0 Å². The number of nitrogens with one attached hydrogen (secondary N) is 1. The predicted octanol–water partition coefficient (Wildman–Crippen LogP) is 2.44. The molecule has 0 aliphatic carbocycles. The van der Waals surface area contributed by atoms with Crippen molar-refractivity contribution in [2.75, 3.05) is 18.5 Å². The number of ether oxygens (including phenoxy) is 1. The van der Waals surface area contributed by atoms with Crippen LogP contribution < -0.4 is 5.32 Å². The van der Waals surface area contributed by atoms with Gasteiger partial charge in [-0.15, -0.1) is 0 Å². The highest BCUT2D eigenvalue weighted by atomic mass is 16.5. The maximum atomic E-state index is 11.0. The van der Waals surface area contributed by atoms with Crippen LogP contribution in [0.3, 0.4) is 0 Å². The molecule has 0 aromatic heterocycles. The van der Waals surface area contributed by atoms with E-state index in [0.717, 1.165) is 12.1 Å². The van der Waals surface area contributed by atoms with E-state index in [4.69, 9.17) is 4.74 Å². The lowest BCUT2D eigenvalue weighted by atomic mass is 10.3. The van der Waals surface area contributed by atoms with Gasteiger partial charge >= 0.3 is 5.97 Å². The zero-order valence-corrected chi connectivity index (χ0v) is 9.03. The van der Waals surface area contributed by atoms with Crippen LogP contribution in [0.2, 0.25) is 0 Å². The summed E-state index contributed by atoms with van der Waals surface area (Å²) in [4.78, 5) is 11.0. The Morgan fingerprint density at radius 2 is 2.07 bits per heavy atom. The van der Waals surface area contributed by atoms with Crippen LogP contribution in [-0.2, 0) is 9.53 Å². The molecule has 0 bridgehead atoms. The lowest BCUT2D eigenvalue weighted by molar-refractivity contribution is -0.143. The van der Waals surface area contributed by atoms with Crippen LogP contribution >= 0.6 is 0 Å². The first kappa shape index (κ1) is 11.6. The Kier molecular flexibility index (Phi) is 5.30. The van der Waals surface area contributed by atoms with E-state index < -0.39 is 0 Å². The summed E-state index contributed by atoms with van der Waals surface area (Å²) in [6.45, 7) is 3.04. The number of carbonyl (C=O) groups excluding carboxylic acids is 1. The molecular formula is C12H17NO2. The first-order chi connectivity index (χ1) is 7.33. The van der Waals surface area contributed by atoms with E-state index in [9.17, 15) is 4.79 Å². The second-order valence-corrected chi connectivity index (χ2v) is 3.26. The van der Waals surface area contributed by atoms with Crippen LogP contribution in [-0.4, -0.2) is 19.1 Å². The Bertz CT molecular complexity index is 285. The topological polar surface area (TPSA) is 38.3 Å². The number of rotatable bonds is 6. The number of carbonyl (C=O) groups is 1. The van der Waals surface area contributed by atoms with Crippen LogP contribution in [0.5, 0.6) is 0 Å². The molecule has 0 saturated heterocycles. The molecule has 0 heterocycles. The van der Waals surface area contributed by atoms with E-state index in [1.54, 1.807) is 0 Å². The molecule has 0 unspecified atom stereocenters. The van der Waals surface area contributed by atoms with Gasteiger partial charge in [0.25, 0.3) is 0 Å². The van der Waals surface area contributed by atoms with Gasteiger partial charge < -0.3 is 10.1 Å². The average Bonchev–Trinajstić information content (AvgIpc) is 2.26. The third-order valence-corrected chi connectivity index (χ3v) is 1.92. The number of hydrogen-bond acceptors (Lipinski definition) is 3. The minimum atomic E-state index is -0.118. The van der Waals surface area contributed by atoms with Gasteiger partial charge in [-0.1, -0.05) is 25.1 Å². The summed E-state index contributed by atoms with van der Waals surface area (Å²) < 4.78 is 5.00. The quantitative estimate of drug-likeness (QED) is 0.575. The van der Waals surface area contributed by atoms with E-state index >= 15 is 0 Å². The molecule has 1 aromatic rings. The predicted molar refractivity (Wildman–Crippen MR) is 60.8 cm³/mol. The second kappa shape index (κ2) is 6.87. The zero-order valence-electron chi connectivity index (χ0n) is 9.03. The largest absolute Gasteiger partial charge is 0.464 e. The van der Waals surface area contributed by atoms with Crippen LogP contribution in [0, 0.1) is 0 Å². The summed E-state index contributed by atoms with van der Waals surface area (Å²) in [6, 6.07) is 9.85. The van der Waals surface area contributed by atoms with E-state index in [2.05, 4.69) is 5.32 Å². The fourth-order valence-electron chi connectivity index (χ4n) is 1.19. The van der Waals surface area contributed by atoms with Gasteiger partial charge in [0, 0.05) is 18.7 Å². The van der Waals surface area contributed by atoms with Gasteiger partial charge in [0.1, 0.15) is 6.61 Å². The normalized spacial score (nSPS) is 9.67. The Labute approximate surface area is 90.4 Å². The third kappa shape index (κ3) is 5.05. The van der Waals surface area contributed by atoms with E-state index in [1.165, 1.54) is 0 Å². The molecule has 1 N–H and O–H groups in total. The Morgan fingerprint density at radius 3 is 2.73 bits per heavy atom. The summed E-state index contributed by atoms with van der Waals surface area (Å²) in [5, 5.41) is 3.16. The molecule has 0 aliphatic heterocycles. The third-order valence-electron chi connectivity index (χ3n) is 1.92. The molecule has 1 aromatic carbocycles. The van der Waals surface area contributed by atoms with Crippen molar-refractivity contribution in [3.05, 3.63) is 30.3 Å². The first-order valence-electron chi connectivity index (χ1n) is 5.27. The van der Waals surface area contributed by atoms with E-state index in [0.29, 0.717) is 19.6 Å². The fraction of sp³-hybridized carbons (Fsp3) is 0.417. The molecule has 0 aliphatic rings. The number of benzene rings is 1. The lowest BCUT2D eigenvalue weighted by Crippen LogP contribution is -2.13. The summed E-state index contributed by atoms with van der Waals surface area (Å²) >= 11 is 0. The van der Waals surface area contributed by atoms with Crippen molar-refractivity contribution in [3.63, 3.8) is 0 Å². The molecule has 0 amide bonds. The van der Waals surface area contributed by atoms with Crippen molar-refractivity contribution in [1.29, 1.82) is 0 Å². The number of para-hydroxylation sites is 1. The molecule has 3 heteroatoms. The van der Waals surface area contributed by atoms with E-state index in [1.807, 2.05) is 37.3 Å². The van der Waals surface area contributed by atoms with Gasteiger partial charge in [-0.25, -0.2) is 0 Å². The van der Waals surface area contributed by atoms with Crippen molar-refractivity contribution in [2.24, 2.45) is 0 Å². The Hall–Kier alpha value is -1.51. The molecule has 0 fully saturated rings. The molecular weight excluding hydrogens is 190 g/mol. The van der Waals surface area contributed by atoms with Crippen molar-refractivity contribution in [2.45, 2.75) is 19.8 Å². The maximum Gasteiger partial charge on any atom is 0.305 e. The van der Waals surface area contributed by atoms with E-state index in [-0.39, 0.29) is 5.97 Å². The van der Waals surface area contributed by atoms with Crippen LogP contribution in [0.4, 0.5) is 5.69 Å². The fourth-order valence-corrected chi connectivity index (χ4v) is 1.19. The highest BCUT2D eigenvalue weighted by Gasteiger charge is 1.99. The summed E-state index contributed by atoms with van der Waals surface area (Å²) in [7, 11) is 0. The minimum Gasteiger partial charge on any atom is -0.464 e. The van der Waals surface area contributed by atoms with Gasteiger partial charge in [-0.3, -0.25) is 4.79 Å². The van der Waals surface area contributed by atoms with Crippen molar-refractivity contribution in [1.82, 2.24) is 0 Å². The average molecular weight is 207 g/mol. The van der Waals surface area contributed by atoms with Crippen molar-refractivity contribution >= 4 is 11.7 Å². The summed E-state index contributed by atoms with van der Waals surface area (Å²) in [5.74, 6) is -0.118. The first-order valence-corrected chi connectivity index (χ1v) is 5.27.